The molecular formula is C14H12BrN3O3. The minimum Gasteiger partial charge on any atom is -0.464 e. The van der Waals surface area contributed by atoms with Crippen molar-refractivity contribution in [3.8, 4) is 0 Å². The molecule has 1 aliphatic heterocycles. The Balaban J connectivity index is 2.32. The Morgan fingerprint density at radius 1 is 1.29 bits per heavy atom. The molecule has 1 aromatic heterocycles. The quantitative estimate of drug-likeness (QED) is 0.774. The Bertz CT molecular complexity index is 807. The van der Waals surface area contributed by atoms with Crippen molar-refractivity contribution >= 4 is 50.6 Å². The molecule has 0 saturated heterocycles. The zero-order valence-corrected chi connectivity index (χ0v) is 12.9. The van der Waals surface area contributed by atoms with Crippen LogP contribution >= 0.6 is 15.9 Å². The third-order valence-electron chi connectivity index (χ3n) is 3.29. The smallest absolute Gasteiger partial charge is 0.355 e. The van der Waals surface area contributed by atoms with Gasteiger partial charge in [-0.05, 0) is 24.3 Å². The number of hydrogen-bond donors (Lipinski definition) is 2. The minimum absolute atomic E-state index is 0.118. The summed E-state index contributed by atoms with van der Waals surface area (Å²) >= 11 is 3.42. The van der Waals surface area contributed by atoms with Crippen LogP contribution in [0.5, 0.6) is 0 Å². The molecule has 7 heteroatoms. The number of fused-ring (bicyclic) bond motifs is 3. The van der Waals surface area contributed by atoms with Crippen molar-refractivity contribution in [2.75, 3.05) is 12.5 Å². The van der Waals surface area contributed by atoms with Gasteiger partial charge in [0, 0.05) is 22.3 Å². The first-order valence-electron chi connectivity index (χ1n) is 6.20. The molecule has 1 aromatic carbocycles. The summed E-state index contributed by atoms with van der Waals surface area (Å²) in [6, 6.07) is 5.63. The van der Waals surface area contributed by atoms with E-state index in [2.05, 4.69) is 26.8 Å². The van der Waals surface area contributed by atoms with Gasteiger partial charge in [-0.2, -0.15) is 0 Å². The number of nitrogens with one attached hydrogen (secondary N) is 2. The number of carbonyl (C=O) groups is 2. The van der Waals surface area contributed by atoms with Crippen LogP contribution in [0.4, 0.5) is 5.82 Å². The monoisotopic (exact) mass is 349 g/mol. The van der Waals surface area contributed by atoms with Crippen LogP contribution < -0.4 is 10.9 Å². The summed E-state index contributed by atoms with van der Waals surface area (Å²) in [5, 5.41) is 0.866. The van der Waals surface area contributed by atoms with E-state index in [0.717, 1.165) is 20.9 Å². The Labute approximate surface area is 128 Å². The van der Waals surface area contributed by atoms with Gasteiger partial charge in [0.1, 0.15) is 11.5 Å². The van der Waals surface area contributed by atoms with Gasteiger partial charge in [-0.3, -0.25) is 20.2 Å². The highest BCUT2D eigenvalue weighted by Gasteiger charge is 2.24. The van der Waals surface area contributed by atoms with Crippen LogP contribution in [0.25, 0.3) is 17.0 Å². The molecular weight excluding hydrogens is 338 g/mol. The van der Waals surface area contributed by atoms with Crippen LogP contribution in [-0.4, -0.2) is 23.6 Å². The third-order valence-corrected chi connectivity index (χ3v) is 3.79. The molecule has 0 spiro atoms. The van der Waals surface area contributed by atoms with E-state index in [0.29, 0.717) is 5.82 Å². The Kier molecular flexibility index (Phi) is 3.21. The van der Waals surface area contributed by atoms with Gasteiger partial charge in [0.05, 0.1) is 12.6 Å². The number of halogens is 1. The van der Waals surface area contributed by atoms with Crippen molar-refractivity contribution in [2.45, 2.75) is 6.92 Å². The van der Waals surface area contributed by atoms with Crippen molar-refractivity contribution in [1.29, 1.82) is 0 Å². The molecule has 2 aromatic rings. The number of benzene rings is 1. The summed E-state index contributed by atoms with van der Waals surface area (Å²) in [4.78, 5) is 23.6. The van der Waals surface area contributed by atoms with Crippen molar-refractivity contribution in [1.82, 2.24) is 9.99 Å². The molecule has 0 amide bonds. The molecule has 0 bridgehead atoms. The summed E-state index contributed by atoms with van der Waals surface area (Å²) in [5.74, 6) is 0.00270. The molecule has 1 aliphatic rings. The second kappa shape index (κ2) is 4.92. The summed E-state index contributed by atoms with van der Waals surface area (Å²) in [6.45, 7) is 1.49. The second-order valence-corrected chi connectivity index (χ2v) is 5.49. The standard InChI is InChI=1S/C14H12BrN3O3/c1-7(19)18-12-4-3-8(15)5-9(12)10-6-11(14(20)21-2)16-17-13(10)18/h3-6,16-17H,1-2H3. The maximum Gasteiger partial charge on any atom is 0.355 e. The lowest BCUT2D eigenvalue weighted by Crippen LogP contribution is -2.31. The highest BCUT2D eigenvalue weighted by molar-refractivity contribution is 9.10. The number of hydrazine groups is 1. The van der Waals surface area contributed by atoms with Gasteiger partial charge < -0.3 is 4.74 Å². The lowest BCUT2D eigenvalue weighted by Gasteiger charge is -2.18. The van der Waals surface area contributed by atoms with Crippen molar-refractivity contribution in [3.63, 3.8) is 0 Å². The van der Waals surface area contributed by atoms with E-state index in [-0.39, 0.29) is 11.6 Å². The van der Waals surface area contributed by atoms with Crippen LogP contribution in [0.3, 0.4) is 0 Å². The van der Waals surface area contributed by atoms with Gasteiger partial charge in [-0.1, -0.05) is 15.9 Å². The molecule has 0 fully saturated rings. The van der Waals surface area contributed by atoms with E-state index < -0.39 is 5.97 Å². The third kappa shape index (κ3) is 2.09. The molecule has 6 nitrogen and oxygen atoms in total. The second-order valence-electron chi connectivity index (χ2n) is 4.58. The number of carbonyl (C=O) groups excluding carboxylic acids is 2. The molecule has 0 saturated carbocycles. The Morgan fingerprint density at radius 3 is 2.71 bits per heavy atom. The van der Waals surface area contributed by atoms with Crippen LogP contribution in [0.2, 0.25) is 0 Å². The first kappa shape index (κ1) is 13.7. The van der Waals surface area contributed by atoms with Crippen LogP contribution in [-0.2, 0) is 9.53 Å². The maximum atomic E-state index is 11.9. The molecule has 2 heterocycles. The number of methoxy groups -OCH3 is 1. The fourth-order valence-electron chi connectivity index (χ4n) is 2.41. The molecule has 108 valence electrons. The fraction of sp³-hybridized carbons (Fsp3) is 0.143. The van der Waals surface area contributed by atoms with E-state index in [4.69, 9.17) is 4.74 Å². The lowest BCUT2D eigenvalue weighted by atomic mass is 10.1. The van der Waals surface area contributed by atoms with Crippen LogP contribution in [0.1, 0.15) is 17.3 Å². The van der Waals surface area contributed by atoms with Crippen LogP contribution in [0.15, 0.2) is 28.4 Å². The van der Waals surface area contributed by atoms with Gasteiger partial charge >= 0.3 is 5.97 Å². The molecule has 21 heavy (non-hydrogen) atoms. The molecule has 0 radical (unpaired) electrons. The van der Waals surface area contributed by atoms with Crippen LogP contribution in [0, 0.1) is 0 Å². The molecule has 0 atom stereocenters. The number of ether oxygens (including phenoxy) is 1. The van der Waals surface area contributed by atoms with E-state index in [1.165, 1.54) is 14.0 Å². The molecule has 0 unspecified atom stereocenters. The number of nitrogens with zero attached hydrogens (tertiary/aromatic N) is 1. The van der Waals surface area contributed by atoms with Gasteiger partial charge in [0.2, 0.25) is 5.91 Å². The predicted octanol–water partition coefficient (Wildman–Crippen LogP) is 2.51. The van der Waals surface area contributed by atoms with Gasteiger partial charge in [0.25, 0.3) is 0 Å². The maximum absolute atomic E-state index is 11.9. The van der Waals surface area contributed by atoms with Crippen molar-refractivity contribution in [3.05, 3.63) is 33.9 Å². The lowest BCUT2D eigenvalue weighted by molar-refractivity contribution is -0.136. The number of esters is 1. The fourth-order valence-corrected chi connectivity index (χ4v) is 2.77. The minimum atomic E-state index is -0.480. The average molecular weight is 350 g/mol. The number of aromatic nitrogens is 1. The molecule has 0 aliphatic carbocycles. The van der Waals surface area contributed by atoms with Gasteiger partial charge in [-0.25, -0.2) is 4.79 Å². The summed E-state index contributed by atoms with van der Waals surface area (Å²) in [5.41, 5.74) is 7.46. The molecule has 2 N–H and O–H groups in total. The summed E-state index contributed by atoms with van der Waals surface area (Å²) < 4.78 is 7.16. The van der Waals surface area contributed by atoms with Crippen molar-refractivity contribution in [2.24, 2.45) is 0 Å². The normalized spacial score (nSPS) is 13.0. The number of hydrogen-bond acceptors (Lipinski definition) is 5. The van der Waals surface area contributed by atoms with Gasteiger partial charge in [0.15, 0.2) is 0 Å². The van der Waals surface area contributed by atoms with E-state index in [9.17, 15) is 9.59 Å². The SMILES string of the molecule is COC(=O)C1=Cc2c(n(C(C)=O)c3ccc(Br)cc23)NN1. The highest BCUT2D eigenvalue weighted by Crippen LogP contribution is 2.35. The zero-order chi connectivity index (χ0) is 15.1. The first-order valence-corrected chi connectivity index (χ1v) is 6.99. The Morgan fingerprint density at radius 2 is 2.05 bits per heavy atom. The summed E-state index contributed by atoms with van der Waals surface area (Å²) in [7, 11) is 1.32. The van der Waals surface area contributed by atoms with Gasteiger partial charge in [-0.15, -0.1) is 0 Å². The topological polar surface area (TPSA) is 72.4 Å². The largest absolute Gasteiger partial charge is 0.464 e. The summed E-state index contributed by atoms with van der Waals surface area (Å²) in [6.07, 6.45) is 1.67. The van der Waals surface area contributed by atoms with E-state index in [1.807, 2.05) is 18.2 Å². The predicted molar refractivity (Wildman–Crippen MR) is 82.7 cm³/mol. The first-order chi connectivity index (χ1) is 10.0. The van der Waals surface area contributed by atoms with Crippen molar-refractivity contribution < 1.29 is 14.3 Å². The van der Waals surface area contributed by atoms with E-state index >= 15 is 0 Å². The highest BCUT2D eigenvalue weighted by atomic mass is 79.9. The number of anilines is 1. The molecule has 3 rings (SSSR count). The zero-order valence-electron chi connectivity index (χ0n) is 11.4. The Hall–Kier alpha value is -2.28. The van der Waals surface area contributed by atoms with E-state index in [1.54, 1.807) is 10.6 Å². The average Bonchev–Trinajstić information content (AvgIpc) is 2.79. The number of rotatable bonds is 1.